The number of likely N-dealkylation sites (tertiary alicyclic amines) is 1. The first-order valence-electron chi connectivity index (χ1n) is 11.5. The van der Waals surface area contributed by atoms with Crippen molar-refractivity contribution in [2.24, 2.45) is 11.8 Å². The van der Waals surface area contributed by atoms with Gasteiger partial charge in [-0.1, -0.05) is 35.9 Å². The highest BCUT2D eigenvalue weighted by molar-refractivity contribution is 7.15. The number of carbonyl (C=O) groups is 2. The summed E-state index contributed by atoms with van der Waals surface area (Å²) in [5.41, 5.74) is 5.67. The van der Waals surface area contributed by atoms with Crippen molar-refractivity contribution in [3.8, 4) is 10.4 Å². The molecule has 0 bridgehead atoms. The highest BCUT2D eigenvalue weighted by atomic mass is 32.1. The van der Waals surface area contributed by atoms with Crippen molar-refractivity contribution in [1.82, 2.24) is 15.2 Å². The summed E-state index contributed by atoms with van der Waals surface area (Å²) in [6, 6.07) is 14.0. The lowest BCUT2D eigenvalue weighted by Gasteiger charge is -2.27. The molecule has 0 radical (unpaired) electrons. The van der Waals surface area contributed by atoms with Crippen LogP contribution >= 0.6 is 11.3 Å². The number of hydrogen-bond acceptors (Lipinski definition) is 4. The van der Waals surface area contributed by atoms with E-state index >= 15 is 0 Å². The Kier molecular flexibility index (Phi) is 5.57. The van der Waals surface area contributed by atoms with Gasteiger partial charge in [0.25, 0.3) is 11.8 Å². The fourth-order valence-corrected chi connectivity index (χ4v) is 5.85. The number of carbonyl (C=O) groups excluding carboxylic acids is 2. The molecular weight excluding hydrogens is 430 g/mol. The van der Waals surface area contributed by atoms with E-state index in [-0.39, 0.29) is 17.9 Å². The summed E-state index contributed by atoms with van der Waals surface area (Å²) in [5.74, 6) is 0.906. The Balaban J connectivity index is 1.35. The molecule has 1 aliphatic carbocycles. The quantitative estimate of drug-likeness (QED) is 0.588. The van der Waals surface area contributed by atoms with Crippen molar-refractivity contribution in [2.45, 2.75) is 40.2 Å². The lowest BCUT2D eigenvalue weighted by Crippen LogP contribution is -2.45. The van der Waals surface area contributed by atoms with Gasteiger partial charge in [-0.05, 0) is 74.8 Å². The van der Waals surface area contributed by atoms with Gasteiger partial charge < -0.3 is 10.2 Å². The van der Waals surface area contributed by atoms with Crippen LogP contribution in [0.2, 0.25) is 0 Å². The van der Waals surface area contributed by atoms with Gasteiger partial charge in [-0.25, -0.2) is 4.98 Å². The number of aromatic nitrogens is 1. The third-order valence-corrected chi connectivity index (χ3v) is 8.04. The zero-order chi connectivity index (χ0) is 23.3. The predicted molar refractivity (Wildman–Crippen MR) is 132 cm³/mol. The highest BCUT2D eigenvalue weighted by Gasteiger charge is 2.54. The molecule has 1 aliphatic heterocycles. The topological polar surface area (TPSA) is 62.3 Å². The van der Waals surface area contributed by atoms with Crippen molar-refractivity contribution in [2.75, 3.05) is 13.1 Å². The van der Waals surface area contributed by atoms with Crippen LogP contribution in [0.1, 0.15) is 49.0 Å². The standard InChI is InChI=1S/C27H29N3O2S/c1-15-6-5-7-19(10-15)25-24(29-18(4)33-25)27(32)30-14-21-12-22(21)23(30)13-28-26(31)20-9-8-16(2)17(3)11-20/h5-11,21-23H,12-14H2,1-4H3,(H,28,31). The Morgan fingerprint density at radius 3 is 2.67 bits per heavy atom. The number of fused-ring (bicyclic) bond motifs is 1. The molecule has 33 heavy (non-hydrogen) atoms. The normalized spacial score (nSPS) is 21.1. The largest absolute Gasteiger partial charge is 0.350 e. The zero-order valence-electron chi connectivity index (χ0n) is 19.5. The zero-order valence-corrected chi connectivity index (χ0v) is 20.3. The fraction of sp³-hybridized carbons (Fsp3) is 0.370. The van der Waals surface area contributed by atoms with Crippen molar-refractivity contribution in [3.63, 3.8) is 0 Å². The van der Waals surface area contributed by atoms with Gasteiger partial charge in [-0.15, -0.1) is 11.3 Å². The maximum absolute atomic E-state index is 13.7. The Morgan fingerprint density at radius 1 is 1.09 bits per heavy atom. The lowest BCUT2D eigenvalue weighted by atomic mass is 10.1. The molecule has 3 unspecified atom stereocenters. The van der Waals surface area contributed by atoms with Gasteiger partial charge >= 0.3 is 0 Å². The number of nitrogens with one attached hydrogen (secondary N) is 1. The Bertz CT molecular complexity index is 1250. The van der Waals surface area contributed by atoms with Crippen LogP contribution < -0.4 is 5.32 Å². The molecular formula is C27H29N3O2S. The van der Waals surface area contributed by atoms with E-state index in [9.17, 15) is 9.59 Å². The number of nitrogens with zero attached hydrogens (tertiary/aromatic N) is 2. The third-order valence-electron chi connectivity index (χ3n) is 7.02. The average molecular weight is 460 g/mol. The molecule has 2 heterocycles. The van der Waals surface area contributed by atoms with Gasteiger partial charge in [0.15, 0.2) is 0 Å². The number of piperidine rings is 1. The molecule has 1 N–H and O–H groups in total. The number of rotatable bonds is 5. The second-order valence-corrected chi connectivity index (χ2v) is 10.7. The second kappa shape index (κ2) is 8.41. The van der Waals surface area contributed by atoms with Crippen molar-refractivity contribution >= 4 is 23.2 Å². The molecule has 5 rings (SSSR count). The molecule has 6 heteroatoms. The second-order valence-electron chi connectivity index (χ2n) is 9.47. The van der Waals surface area contributed by atoms with E-state index in [1.807, 2.05) is 56.0 Å². The van der Waals surface area contributed by atoms with Crippen LogP contribution in [-0.4, -0.2) is 40.8 Å². The van der Waals surface area contributed by atoms with E-state index in [1.54, 1.807) is 11.3 Å². The molecule has 0 spiro atoms. The van der Waals surface area contributed by atoms with Gasteiger partial charge in [0.2, 0.25) is 0 Å². The first-order chi connectivity index (χ1) is 15.8. The van der Waals surface area contributed by atoms with Crippen LogP contribution in [0.15, 0.2) is 42.5 Å². The van der Waals surface area contributed by atoms with Gasteiger partial charge in [0.1, 0.15) is 5.69 Å². The van der Waals surface area contributed by atoms with Crippen molar-refractivity contribution < 1.29 is 9.59 Å². The number of aryl methyl sites for hydroxylation is 4. The minimum absolute atomic E-state index is 0.0189. The lowest BCUT2D eigenvalue weighted by molar-refractivity contribution is 0.0690. The van der Waals surface area contributed by atoms with E-state index in [2.05, 4.69) is 29.4 Å². The number of hydrogen-bond donors (Lipinski definition) is 1. The first kappa shape index (κ1) is 21.8. The summed E-state index contributed by atoms with van der Waals surface area (Å²) in [5, 5.41) is 3.98. The van der Waals surface area contributed by atoms with E-state index in [0.717, 1.165) is 39.5 Å². The van der Waals surface area contributed by atoms with Crippen LogP contribution in [0.4, 0.5) is 0 Å². The SMILES string of the molecule is Cc1cccc(-c2sc(C)nc2C(=O)N2CC3CC3C2CNC(=O)c2ccc(C)c(C)c2)c1. The third kappa shape index (κ3) is 4.20. The molecule has 3 aromatic rings. The molecule has 2 aromatic carbocycles. The fourth-order valence-electron chi connectivity index (χ4n) is 4.94. The molecule has 2 aliphatic rings. The summed E-state index contributed by atoms with van der Waals surface area (Å²) in [6.45, 7) is 9.28. The minimum atomic E-state index is -0.0837. The van der Waals surface area contributed by atoms with E-state index < -0.39 is 0 Å². The van der Waals surface area contributed by atoms with Gasteiger partial charge in [-0.2, -0.15) is 0 Å². The highest BCUT2D eigenvalue weighted by Crippen LogP contribution is 2.50. The number of amides is 2. The van der Waals surface area contributed by atoms with Gasteiger partial charge in [0.05, 0.1) is 15.9 Å². The van der Waals surface area contributed by atoms with Crippen LogP contribution in [0.3, 0.4) is 0 Å². The minimum Gasteiger partial charge on any atom is -0.350 e. The Morgan fingerprint density at radius 2 is 1.91 bits per heavy atom. The molecule has 2 amide bonds. The molecule has 170 valence electrons. The van der Waals surface area contributed by atoms with E-state index in [4.69, 9.17) is 0 Å². The summed E-state index contributed by atoms with van der Waals surface area (Å²) in [7, 11) is 0. The summed E-state index contributed by atoms with van der Waals surface area (Å²) < 4.78 is 0. The van der Waals surface area contributed by atoms with Crippen LogP contribution in [0, 0.1) is 39.5 Å². The predicted octanol–water partition coefficient (Wildman–Crippen LogP) is 4.93. The van der Waals surface area contributed by atoms with Crippen molar-refractivity contribution in [1.29, 1.82) is 0 Å². The number of thiazole rings is 1. The van der Waals surface area contributed by atoms with Crippen LogP contribution in [-0.2, 0) is 0 Å². The van der Waals surface area contributed by atoms with E-state index in [0.29, 0.717) is 29.6 Å². The molecule has 1 saturated carbocycles. The Labute approximate surface area is 198 Å². The molecule has 1 aromatic heterocycles. The Hall–Kier alpha value is -2.99. The maximum Gasteiger partial charge on any atom is 0.274 e. The summed E-state index contributed by atoms with van der Waals surface area (Å²) >= 11 is 1.57. The summed E-state index contributed by atoms with van der Waals surface area (Å²) in [4.78, 5) is 34.0. The van der Waals surface area contributed by atoms with Crippen LogP contribution in [0.25, 0.3) is 10.4 Å². The first-order valence-corrected chi connectivity index (χ1v) is 12.3. The average Bonchev–Trinajstić information content (AvgIpc) is 3.30. The molecule has 2 fully saturated rings. The van der Waals surface area contributed by atoms with E-state index in [1.165, 1.54) is 5.56 Å². The molecule has 3 atom stereocenters. The smallest absolute Gasteiger partial charge is 0.274 e. The number of benzene rings is 2. The van der Waals surface area contributed by atoms with Gasteiger partial charge in [-0.3, -0.25) is 9.59 Å². The summed E-state index contributed by atoms with van der Waals surface area (Å²) in [6.07, 6.45) is 1.13. The maximum atomic E-state index is 13.7. The van der Waals surface area contributed by atoms with Crippen LogP contribution in [0.5, 0.6) is 0 Å². The monoisotopic (exact) mass is 459 g/mol. The van der Waals surface area contributed by atoms with Crippen molar-refractivity contribution in [3.05, 3.63) is 75.4 Å². The molecule has 1 saturated heterocycles. The molecule has 5 nitrogen and oxygen atoms in total. The van der Waals surface area contributed by atoms with Gasteiger partial charge in [0, 0.05) is 18.7 Å².